The Kier molecular flexibility index (Phi) is 5.87. The van der Waals surface area contributed by atoms with Crippen LogP contribution in [0, 0.1) is 17.8 Å². The van der Waals surface area contributed by atoms with Crippen LogP contribution in [0.2, 0.25) is 0 Å². The van der Waals surface area contributed by atoms with E-state index >= 15 is 0 Å². The fourth-order valence-electron chi connectivity index (χ4n) is 3.62. The van der Waals surface area contributed by atoms with Crippen molar-refractivity contribution in [3.63, 3.8) is 0 Å². The van der Waals surface area contributed by atoms with Crippen LogP contribution in [0.15, 0.2) is 0 Å². The largest absolute Gasteiger partial charge is 0.279 e. The first kappa shape index (κ1) is 16.2. The molecule has 0 heterocycles. The highest BCUT2D eigenvalue weighted by molar-refractivity contribution is 7.87. The van der Waals surface area contributed by atoms with Gasteiger partial charge in [0.15, 0.2) is 0 Å². The van der Waals surface area contributed by atoms with Crippen LogP contribution < -0.4 is 4.72 Å². The average molecular weight is 302 g/mol. The monoisotopic (exact) mass is 302 g/mol. The van der Waals surface area contributed by atoms with Crippen LogP contribution in [0.3, 0.4) is 0 Å². The van der Waals surface area contributed by atoms with Gasteiger partial charge < -0.3 is 0 Å². The lowest BCUT2D eigenvalue weighted by Gasteiger charge is -2.24. The van der Waals surface area contributed by atoms with Crippen LogP contribution in [0.4, 0.5) is 0 Å². The highest BCUT2D eigenvalue weighted by Gasteiger charge is 2.39. The molecule has 2 saturated carbocycles. The van der Waals surface area contributed by atoms with E-state index in [-0.39, 0.29) is 0 Å². The predicted molar refractivity (Wildman–Crippen MR) is 82.6 cm³/mol. The minimum atomic E-state index is -3.28. The molecular weight excluding hydrogens is 272 g/mol. The fourth-order valence-corrected chi connectivity index (χ4v) is 5.07. The molecule has 0 aliphatic heterocycles. The summed E-state index contributed by atoms with van der Waals surface area (Å²) in [6.07, 6.45) is 8.26. The van der Waals surface area contributed by atoms with Gasteiger partial charge in [-0.1, -0.05) is 20.3 Å². The van der Waals surface area contributed by atoms with Crippen LogP contribution in [0.25, 0.3) is 0 Å². The summed E-state index contributed by atoms with van der Waals surface area (Å²) >= 11 is 0. The summed E-state index contributed by atoms with van der Waals surface area (Å²) in [5, 5.41) is 0. The lowest BCUT2D eigenvalue weighted by molar-refractivity contribution is 0.337. The third kappa shape index (κ3) is 4.18. The summed E-state index contributed by atoms with van der Waals surface area (Å²) in [7, 11) is -3.28. The average Bonchev–Trinajstić information content (AvgIpc) is 3.15. The molecule has 2 aliphatic carbocycles. The van der Waals surface area contributed by atoms with E-state index in [1.54, 1.807) is 4.31 Å². The molecule has 20 heavy (non-hydrogen) atoms. The SMILES string of the molecule is CCCN(CCC)S(=O)(=O)NCC1CCCC1C1CC1. The zero-order chi connectivity index (χ0) is 14.6. The van der Waals surface area contributed by atoms with Gasteiger partial charge in [-0.2, -0.15) is 12.7 Å². The van der Waals surface area contributed by atoms with E-state index in [0.717, 1.165) is 24.7 Å². The number of rotatable bonds is 9. The van der Waals surface area contributed by atoms with Crippen LogP contribution in [0.5, 0.6) is 0 Å². The predicted octanol–water partition coefficient (Wildman–Crippen LogP) is 2.77. The van der Waals surface area contributed by atoms with Gasteiger partial charge >= 0.3 is 0 Å². The van der Waals surface area contributed by atoms with E-state index in [1.807, 2.05) is 13.8 Å². The van der Waals surface area contributed by atoms with E-state index in [9.17, 15) is 8.42 Å². The van der Waals surface area contributed by atoms with Gasteiger partial charge in [-0.3, -0.25) is 0 Å². The molecule has 2 atom stereocenters. The second-order valence-corrected chi connectivity index (χ2v) is 8.20. The van der Waals surface area contributed by atoms with E-state index in [2.05, 4.69) is 4.72 Å². The normalized spacial score (nSPS) is 27.4. The Bertz CT molecular complexity index is 387. The molecule has 0 bridgehead atoms. The summed E-state index contributed by atoms with van der Waals surface area (Å²) < 4.78 is 29.2. The maximum atomic E-state index is 12.4. The van der Waals surface area contributed by atoms with Gasteiger partial charge in [-0.25, -0.2) is 4.72 Å². The summed E-state index contributed by atoms with van der Waals surface area (Å²) in [6.45, 7) is 5.95. The number of hydrogen-bond donors (Lipinski definition) is 1. The molecule has 2 unspecified atom stereocenters. The first-order valence-electron chi connectivity index (χ1n) is 8.33. The molecule has 2 fully saturated rings. The molecule has 1 N–H and O–H groups in total. The van der Waals surface area contributed by atoms with Crippen molar-refractivity contribution in [2.24, 2.45) is 17.8 Å². The molecule has 0 aromatic rings. The van der Waals surface area contributed by atoms with Crippen molar-refractivity contribution in [2.45, 2.75) is 58.8 Å². The molecular formula is C15H30N2O2S. The third-order valence-corrected chi connectivity index (χ3v) is 6.34. The Morgan fingerprint density at radius 3 is 2.25 bits per heavy atom. The molecule has 118 valence electrons. The van der Waals surface area contributed by atoms with Crippen molar-refractivity contribution < 1.29 is 8.42 Å². The molecule has 0 aromatic heterocycles. The number of hydrogen-bond acceptors (Lipinski definition) is 2. The Morgan fingerprint density at radius 2 is 1.70 bits per heavy atom. The summed E-state index contributed by atoms with van der Waals surface area (Å²) in [6, 6.07) is 0. The van der Waals surface area contributed by atoms with Crippen LogP contribution in [-0.4, -0.2) is 32.4 Å². The Balaban J connectivity index is 1.86. The van der Waals surface area contributed by atoms with Crippen molar-refractivity contribution in [2.75, 3.05) is 19.6 Å². The van der Waals surface area contributed by atoms with Gasteiger partial charge in [-0.15, -0.1) is 0 Å². The Hall–Kier alpha value is -0.130. The zero-order valence-electron chi connectivity index (χ0n) is 13.0. The zero-order valence-corrected chi connectivity index (χ0v) is 13.8. The van der Waals surface area contributed by atoms with Gasteiger partial charge in [-0.05, 0) is 56.3 Å². The van der Waals surface area contributed by atoms with Crippen molar-refractivity contribution in [3.8, 4) is 0 Å². The molecule has 0 spiro atoms. The van der Waals surface area contributed by atoms with Gasteiger partial charge in [0.2, 0.25) is 0 Å². The standard InChI is InChI=1S/C15H30N2O2S/c1-3-10-17(11-4-2)20(18,19)16-12-14-6-5-7-15(14)13-8-9-13/h13-16H,3-12H2,1-2H3. The molecule has 0 amide bonds. The van der Waals surface area contributed by atoms with Crippen LogP contribution >= 0.6 is 0 Å². The van der Waals surface area contributed by atoms with Crippen molar-refractivity contribution in [3.05, 3.63) is 0 Å². The number of nitrogens with zero attached hydrogens (tertiary/aromatic N) is 1. The third-order valence-electron chi connectivity index (χ3n) is 4.76. The molecule has 5 heteroatoms. The molecule has 4 nitrogen and oxygen atoms in total. The van der Waals surface area contributed by atoms with Crippen molar-refractivity contribution >= 4 is 10.2 Å². The minimum absolute atomic E-state index is 0.572. The minimum Gasteiger partial charge on any atom is -0.202 e. The van der Waals surface area contributed by atoms with Gasteiger partial charge in [0.25, 0.3) is 10.2 Å². The van der Waals surface area contributed by atoms with E-state index in [1.165, 1.54) is 32.1 Å². The highest BCUT2D eigenvalue weighted by Crippen LogP contribution is 2.47. The van der Waals surface area contributed by atoms with Crippen molar-refractivity contribution in [1.29, 1.82) is 0 Å². The molecule has 0 saturated heterocycles. The van der Waals surface area contributed by atoms with Crippen molar-refractivity contribution in [1.82, 2.24) is 9.03 Å². The number of nitrogens with one attached hydrogen (secondary N) is 1. The maximum Gasteiger partial charge on any atom is 0.279 e. The van der Waals surface area contributed by atoms with Gasteiger partial charge in [0.05, 0.1) is 0 Å². The molecule has 2 rings (SSSR count). The van der Waals surface area contributed by atoms with Gasteiger partial charge in [0.1, 0.15) is 0 Å². The van der Waals surface area contributed by atoms with Crippen LogP contribution in [0.1, 0.15) is 58.8 Å². The van der Waals surface area contributed by atoms with E-state index < -0.39 is 10.2 Å². The lowest BCUT2D eigenvalue weighted by Crippen LogP contribution is -2.43. The second-order valence-electron chi connectivity index (χ2n) is 6.44. The second kappa shape index (κ2) is 7.23. The summed E-state index contributed by atoms with van der Waals surface area (Å²) in [5.74, 6) is 2.25. The Morgan fingerprint density at radius 1 is 1.05 bits per heavy atom. The first-order valence-corrected chi connectivity index (χ1v) is 9.77. The summed E-state index contributed by atoms with van der Waals surface area (Å²) in [4.78, 5) is 0. The lowest BCUT2D eigenvalue weighted by atomic mass is 9.92. The first-order chi connectivity index (χ1) is 9.58. The fraction of sp³-hybridized carbons (Fsp3) is 1.00. The quantitative estimate of drug-likeness (QED) is 0.712. The Labute approximate surface area is 124 Å². The van der Waals surface area contributed by atoms with Crippen LogP contribution in [-0.2, 0) is 10.2 Å². The topological polar surface area (TPSA) is 49.4 Å². The molecule has 0 radical (unpaired) electrons. The van der Waals surface area contributed by atoms with E-state index in [4.69, 9.17) is 0 Å². The maximum absolute atomic E-state index is 12.4. The highest BCUT2D eigenvalue weighted by atomic mass is 32.2. The van der Waals surface area contributed by atoms with E-state index in [0.29, 0.717) is 25.6 Å². The van der Waals surface area contributed by atoms with Gasteiger partial charge in [0, 0.05) is 19.6 Å². The smallest absolute Gasteiger partial charge is 0.202 e. The summed E-state index contributed by atoms with van der Waals surface area (Å²) in [5.41, 5.74) is 0. The molecule has 0 aromatic carbocycles. The molecule has 2 aliphatic rings.